The minimum absolute atomic E-state index is 0.140. The molecule has 0 aliphatic carbocycles. The van der Waals surface area contributed by atoms with E-state index in [2.05, 4.69) is 0 Å². The summed E-state index contributed by atoms with van der Waals surface area (Å²) in [6.45, 7) is 0. The van der Waals surface area contributed by atoms with Gasteiger partial charge in [-0.25, -0.2) is 4.39 Å². The fourth-order valence-electron chi connectivity index (χ4n) is 1.14. The summed E-state index contributed by atoms with van der Waals surface area (Å²) in [6.07, 6.45) is -9.79. The third kappa shape index (κ3) is 3.09. The van der Waals surface area contributed by atoms with Crippen LogP contribution in [0.15, 0.2) is 18.2 Å². The van der Waals surface area contributed by atoms with Crippen LogP contribution in [0, 0.1) is 5.82 Å². The molecule has 0 aromatic heterocycles. The summed E-state index contributed by atoms with van der Waals surface area (Å²) in [4.78, 5) is 0. The largest absolute Gasteiger partial charge is 0.419 e. The van der Waals surface area contributed by atoms with Crippen molar-refractivity contribution in [2.24, 2.45) is 5.73 Å². The van der Waals surface area contributed by atoms with Crippen LogP contribution in [0.2, 0.25) is 0 Å². The van der Waals surface area contributed by atoms with Crippen LogP contribution in [-0.2, 0) is 6.18 Å². The number of hydrogen-bond acceptors (Lipinski definition) is 1. The highest BCUT2D eigenvalue weighted by molar-refractivity contribution is 5.29. The molecule has 0 saturated carbocycles. The van der Waals surface area contributed by atoms with E-state index in [0.29, 0.717) is 6.07 Å². The summed E-state index contributed by atoms with van der Waals surface area (Å²) in [5, 5.41) is 0. The molecule has 1 unspecified atom stereocenters. The zero-order valence-electron chi connectivity index (χ0n) is 8.03. The molecular weight excluding hydrogens is 255 g/mol. The van der Waals surface area contributed by atoms with E-state index in [0.717, 1.165) is 0 Å². The van der Waals surface area contributed by atoms with Crippen molar-refractivity contribution in [3.8, 4) is 0 Å². The SMILES string of the molecule is NC(c1ccc(C(F)(F)F)c(F)c1)C(F)(F)F. The van der Waals surface area contributed by atoms with E-state index in [4.69, 9.17) is 5.73 Å². The molecule has 0 amide bonds. The standard InChI is InChI=1S/C9H6F7N/c10-6-3-4(7(17)9(14,15)16)1-2-5(6)8(11,12)13/h1-3,7H,17H2. The molecule has 0 bridgehead atoms. The monoisotopic (exact) mass is 261 g/mol. The van der Waals surface area contributed by atoms with Gasteiger partial charge in [-0.3, -0.25) is 0 Å². The summed E-state index contributed by atoms with van der Waals surface area (Å²) in [5.74, 6) is -1.78. The van der Waals surface area contributed by atoms with Gasteiger partial charge in [0, 0.05) is 0 Å². The molecular formula is C9H6F7N. The van der Waals surface area contributed by atoms with Gasteiger partial charge < -0.3 is 5.73 Å². The summed E-state index contributed by atoms with van der Waals surface area (Å²) < 4.78 is 85.7. The van der Waals surface area contributed by atoms with Gasteiger partial charge in [-0.1, -0.05) is 6.07 Å². The zero-order valence-corrected chi connectivity index (χ0v) is 8.03. The van der Waals surface area contributed by atoms with Crippen molar-refractivity contribution in [3.05, 3.63) is 35.1 Å². The molecule has 1 aromatic carbocycles. The van der Waals surface area contributed by atoms with Gasteiger partial charge in [-0.15, -0.1) is 0 Å². The summed E-state index contributed by atoms with van der Waals surface area (Å²) in [5.41, 5.74) is 2.34. The van der Waals surface area contributed by atoms with Crippen molar-refractivity contribution >= 4 is 0 Å². The molecule has 96 valence electrons. The lowest BCUT2D eigenvalue weighted by molar-refractivity contribution is -0.149. The van der Waals surface area contributed by atoms with Gasteiger partial charge in [0.2, 0.25) is 0 Å². The molecule has 17 heavy (non-hydrogen) atoms. The molecule has 0 aliphatic rings. The third-order valence-electron chi connectivity index (χ3n) is 2.01. The number of nitrogens with two attached hydrogens (primary N) is 1. The van der Waals surface area contributed by atoms with Crippen molar-refractivity contribution in [3.63, 3.8) is 0 Å². The Bertz CT molecular complexity index is 407. The highest BCUT2D eigenvalue weighted by Gasteiger charge is 2.39. The Hall–Kier alpha value is -1.31. The first-order valence-corrected chi connectivity index (χ1v) is 4.22. The summed E-state index contributed by atoms with van der Waals surface area (Å²) >= 11 is 0. The molecule has 2 N–H and O–H groups in total. The first-order chi connectivity index (χ1) is 7.53. The summed E-state index contributed by atoms with van der Waals surface area (Å²) in [6, 6.07) is -1.64. The molecule has 1 atom stereocenters. The molecule has 1 rings (SSSR count). The molecule has 8 heteroatoms. The third-order valence-corrected chi connectivity index (χ3v) is 2.01. The number of halogens is 7. The smallest absolute Gasteiger partial charge is 0.316 e. The van der Waals surface area contributed by atoms with Crippen LogP contribution in [0.3, 0.4) is 0 Å². The molecule has 0 aliphatic heterocycles. The van der Waals surface area contributed by atoms with Crippen LogP contribution < -0.4 is 5.73 Å². The predicted octanol–water partition coefficient (Wildman–Crippen LogP) is 3.41. The highest BCUT2D eigenvalue weighted by atomic mass is 19.4. The van der Waals surface area contributed by atoms with E-state index in [9.17, 15) is 30.7 Å². The van der Waals surface area contributed by atoms with Crippen molar-refractivity contribution in [1.29, 1.82) is 0 Å². The number of rotatable bonds is 1. The van der Waals surface area contributed by atoms with Gasteiger partial charge in [-0.05, 0) is 17.7 Å². The molecule has 0 saturated heterocycles. The fraction of sp³-hybridized carbons (Fsp3) is 0.333. The van der Waals surface area contributed by atoms with Crippen molar-refractivity contribution in [1.82, 2.24) is 0 Å². The van der Waals surface area contributed by atoms with E-state index in [-0.39, 0.29) is 12.1 Å². The second kappa shape index (κ2) is 4.17. The molecule has 0 fully saturated rings. The van der Waals surface area contributed by atoms with Crippen molar-refractivity contribution in [2.75, 3.05) is 0 Å². The van der Waals surface area contributed by atoms with Crippen LogP contribution in [-0.4, -0.2) is 6.18 Å². The van der Waals surface area contributed by atoms with Gasteiger partial charge >= 0.3 is 12.4 Å². The Morgan fingerprint density at radius 3 is 1.88 bits per heavy atom. The van der Waals surface area contributed by atoms with E-state index in [1.54, 1.807) is 0 Å². The Balaban J connectivity index is 3.14. The normalized spacial score (nSPS) is 14.8. The van der Waals surface area contributed by atoms with Gasteiger partial charge in [0.1, 0.15) is 11.9 Å². The Morgan fingerprint density at radius 1 is 1.00 bits per heavy atom. The maximum atomic E-state index is 13.0. The van der Waals surface area contributed by atoms with Crippen LogP contribution in [0.25, 0.3) is 0 Å². The molecule has 0 heterocycles. The Morgan fingerprint density at radius 2 is 1.53 bits per heavy atom. The molecule has 0 radical (unpaired) electrons. The minimum atomic E-state index is -4.95. The number of hydrogen-bond donors (Lipinski definition) is 1. The van der Waals surface area contributed by atoms with E-state index in [1.165, 1.54) is 0 Å². The van der Waals surface area contributed by atoms with Gasteiger partial charge in [0.25, 0.3) is 0 Å². The first kappa shape index (κ1) is 13.8. The van der Waals surface area contributed by atoms with Crippen LogP contribution in [0.4, 0.5) is 30.7 Å². The molecule has 1 aromatic rings. The average molecular weight is 261 g/mol. The fourth-order valence-corrected chi connectivity index (χ4v) is 1.14. The predicted molar refractivity (Wildman–Crippen MR) is 44.4 cm³/mol. The second-order valence-electron chi connectivity index (χ2n) is 3.26. The lowest BCUT2D eigenvalue weighted by atomic mass is 10.0. The van der Waals surface area contributed by atoms with Crippen molar-refractivity contribution < 1.29 is 30.7 Å². The Kier molecular flexibility index (Phi) is 3.37. The molecule has 0 spiro atoms. The maximum absolute atomic E-state index is 13.0. The molecule has 1 nitrogen and oxygen atoms in total. The van der Waals surface area contributed by atoms with Crippen LogP contribution >= 0.6 is 0 Å². The van der Waals surface area contributed by atoms with Crippen LogP contribution in [0.1, 0.15) is 17.2 Å². The van der Waals surface area contributed by atoms with E-state index < -0.39 is 35.3 Å². The van der Waals surface area contributed by atoms with E-state index >= 15 is 0 Å². The van der Waals surface area contributed by atoms with E-state index in [1.807, 2.05) is 0 Å². The maximum Gasteiger partial charge on any atom is 0.419 e. The first-order valence-electron chi connectivity index (χ1n) is 4.22. The zero-order chi connectivity index (χ0) is 13.4. The van der Waals surface area contributed by atoms with Gasteiger partial charge in [0.05, 0.1) is 5.56 Å². The highest BCUT2D eigenvalue weighted by Crippen LogP contribution is 2.35. The average Bonchev–Trinajstić information content (AvgIpc) is 2.12. The second-order valence-corrected chi connectivity index (χ2v) is 3.26. The van der Waals surface area contributed by atoms with Crippen LogP contribution in [0.5, 0.6) is 0 Å². The van der Waals surface area contributed by atoms with Gasteiger partial charge in [0.15, 0.2) is 0 Å². The Labute approximate surface area is 91.0 Å². The summed E-state index contributed by atoms with van der Waals surface area (Å²) in [7, 11) is 0. The number of benzene rings is 1. The number of alkyl halides is 6. The topological polar surface area (TPSA) is 26.0 Å². The van der Waals surface area contributed by atoms with Crippen molar-refractivity contribution in [2.45, 2.75) is 18.4 Å². The van der Waals surface area contributed by atoms with Gasteiger partial charge in [-0.2, -0.15) is 26.3 Å². The minimum Gasteiger partial charge on any atom is -0.316 e. The lowest BCUT2D eigenvalue weighted by Gasteiger charge is -2.17. The quantitative estimate of drug-likeness (QED) is 0.770. The lowest BCUT2D eigenvalue weighted by Crippen LogP contribution is -2.28.